The topological polar surface area (TPSA) is 92.3 Å². The lowest BCUT2D eigenvalue weighted by Gasteiger charge is -2.06. The highest BCUT2D eigenvalue weighted by Crippen LogP contribution is 2.16. The van der Waals surface area contributed by atoms with E-state index in [1.54, 1.807) is 36.4 Å². The molecule has 1 heterocycles. The first-order chi connectivity index (χ1) is 12.5. The molecular weight excluding hydrogens is 332 g/mol. The van der Waals surface area contributed by atoms with Crippen LogP contribution in [0, 0.1) is 17.2 Å². The Kier molecular flexibility index (Phi) is 6.75. The van der Waals surface area contributed by atoms with Crippen molar-refractivity contribution in [2.24, 2.45) is 5.92 Å². The number of hydrogen-bond acceptors (Lipinski definition) is 5. The number of nitriles is 1. The van der Waals surface area contributed by atoms with Gasteiger partial charge in [0.15, 0.2) is 0 Å². The van der Waals surface area contributed by atoms with Gasteiger partial charge in [-0.2, -0.15) is 5.26 Å². The zero-order valence-corrected chi connectivity index (χ0v) is 14.7. The van der Waals surface area contributed by atoms with Crippen molar-refractivity contribution in [2.75, 3.05) is 0 Å². The summed E-state index contributed by atoms with van der Waals surface area (Å²) in [4.78, 5) is 23.7. The van der Waals surface area contributed by atoms with Crippen LogP contribution in [0.5, 0.6) is 5.75 Å². The molecule has 0 saturated carbocycles. The van der Waals surface area contributed by atoms with E-state index in [1.807, 2.05) is 19.9 Å². The molecule has 1 aromatic carbocycles. The Morgan fingerprint density at radius 1 is 1.27 bits per heavy atom. The molecule has 6 heteroatoms. The lowest BCUT2D eigenvalue weighted by molar-refractivity contribution is -0.135. The predicted octanol–water partition coefficient (Wildman–Crippen LogP) is 3.45. The van der Waals surface area contributed by atoms with Crippen LogP contribution >= 0.6 is 0 Å². The number of benzene rings is 1. The van der Waals surface area contributed by atoms with Gasteiger partial charge in [-0.05, 0) is 41.8 Å². The molecule has 0 aliphatic carbocycles. The minimum atomic E-state index is -0.490. The highest BCUT2D eigenvalue weighted by atomic mass is 16.5. The van der Waals surface area contributed by atoms with Crippen molar-refractivity contribution in [3.8, 4) is 11.8 Å². The van der Waals surface area contributed by atoms with Gasteiger partial charge in [0.05, 0.1) is 12.8 Å². The molecule has 2 aromatic rings. The van der Waals surface area contributed by atoms with Gasteiger partial charge in [0.2, 0.25) is 0 Å². The molecule has 26 heavy (non-hydrogen) atoms. The van der Waals surface area contributed by atoms with Crippen molar-refractivity contribution in [1.29, 1.82) is 5.26 Å². The van der Waals surface area contributed by atoms with Gasteiger partial charge in [0, 0.05) is 6.42 Å². The van der Waals surface area contributed by atoms with E-state index in [0.29, 0.717) is 23.5 Å². The van der Waals surface area contributed by atoms with Gasteiger partial charge in [-0.3, -0.25) is 9.59 Å². The average Bonchev–Trinajstić information content (AvgIpc) is 3.11. The quantitative estimate of drug-likeness (QED) is 0.356. The third-order valence-corrected chi connectivity index (χ3v) is 3.37. The molecule has 0 atom stereocenters. The molecular formula is C20H20N2O4. The number of nitrogens with one attached hydrogen (secondary N) is 1. The van der Waals surface area contributed by atoms with Crippen molar-refractivity contribution < 1.29 is 18.7 Å². The molecule has 2 rings (SSSR count). The Balaban J connectivity index is 1.98. The van der Waals surface area contributed by atoms with Crippen molar-refractivity contribution in [2.45, 2.75) is 26.8 Å². The number of ether oxygens (including phenoxy) is 1. The summed E-state index contributed by atoms with van der Waals surface area (Å²) >= 11 is 0. The third kappa shape index (κ3) is 5.95. The van der Waals surface area contributed by atoms with Gasteiger partial charge in [0.1, 0.15) is 23.2 Å². The minimum Gasteiger partial charge on any atom is -0.467 e. The maximum atomic E-state index is 12.1. The normalized spacial score (nSPS) is 11.1. The molecule has 0 spiro atoms. The van der Waals surface area contributed by atoms with E-state index >= 15 is 0 Å². The second kappa shape index (κ2) is 9.23. The molecule has 0 radical (unpaired) electrons. The lowest BCUT2D eigenvalue weighted by atomic mass is 10.1. The fraction of sp³-hybridized carbons (Fsp3) is 0.250. The van der Waals surface area contributed by atoms with Crippen LogP contribution in [0.15, 0.2) is 52.7 Å². The van der Waals surface area contributed by atoms with E-state index in [-0.39, 0.29) is 24.0 Å². The van der Waals surface area contributed by atoms with E-state index in [4.69, 9.17) is 9.15 Å². The van der Waals surface area contributed by atoms with Gasteiger partial charge < -0.3 is 14.5 Å². The number of carbonyl (C=O) groups is 2. The Labute approximate surface area is 152 Å². The summed E-state index contributed by atoms with van der Waals surface area (Å²) in [6.45, 7) is 4.08. The van der Waals surface area contributed by atoms with E-state index in [2.05, 4.69) is 5.32 Å². The Bertz CT molecular complexity index is 812. The first-order valence-corrected chi connectivity index (χ1v) is 8.21. The molecule has 6 nitrogen and oxygen atoms in total. The average molecular weight is 352 g/mol. The van der Waals surface area contributed by atoms with E-state index in [0.717, 1.165) is 0 Å². The van der Waals surface area contributed by atoms with Crippen molar-refractivity contribution in [3.05, 3.63) is 59.6 Å². The molecule has 0 aliphatic heterocycles. The molecule has 0 bridgehead atoms. The highest BCUT2D eigenvalue weighted by Gasteiger charge is 2.10. The molecule has 1 aromatic heterocycles. The maximum Gasteiger partial charge on any atom is 0.311 e. The van der Waals surface area contributed by atoms with Crippen molar-refractivity contribution >= 4 is 18.0 Å². The second-order valence-electron chi connectivity index (χ2n) is 6.07. The van der Waals surface area contributed by atoms with Crippen LogP contribution < -0.4 is 10.1 Å². The van der Waals surface area contributed by atoms with Crippen LogP contribution in [0.3, 0.4) is 0 Å². The second-order valence-corrected chi connectivity index (χ2v) is 6.07. The summed E-state index contributed by atoms with van der Waals surface area (Å²) in [6.07, 6.45) is 3.32. The molecule has 1 N–H and O–H groups in total. The Morgan fingerprint density at radius 3 is 2.58 bits per heavy atom. The van der Waals surface area contributed by atoms with Crippen LogP contribution in [0.25, 0.3) is 6.08 Å². The molecule has 0 unspecified atom stereocenters. The summed E-state index contributed by atoms with van der Waals surface area (Å²) in [5.41, 5.74) is 0.625. The number of furan rings is 1. The number of hydrogen-bond donors (Lipinski definition) is 1. The fourth-order valence-corrected chi connectivity index (χ4v) is 2.13. The standard InChI is InChI=1S/C20H20N2O4/c1-14(2)10-19(23)26-17-7-5-15(6-8-17)11-16(12-21)20(24)22-13-18-4-3-9-25-18/h3-9,11,14H,10,13H2,1-2H3,(H,22,24)/b16-11+. The van der Waals surface area contributed by atoms with Crippen LogP contribution in [-0.2, 0) is 16.1 Å². The van der Waals surface area contributed by atoms with E-state index < -0.39 is 5.91 Å². The minimum absolute atomic E-state index is 0.0268. The summed E-state index contributed by atoms with van der Waals surface area (Å²) in [6, 6.07) is 11.9. The number of esters is 1. The van der Waals surface area contributed by atoms with Crippen molar-refractivity contribution in [3.63, 3.8) is 0 Å². The maximum absolute atomic E-state index is 12.1. The van der Waals surface area contributed by atoms with Gasteiger partial charge >= 0.3 is 5.97 Å². The van der Waals surface area contributed by atoms with Gasteiger partial charge in [0.25, 0.3) is 5.91 Å². The van der Waals surface area contributed by atoms with Crippen LogP contribution in [0.4, 0.5) is 0 Å². The molecule has 0 aliphatic rings. The summed E-state index contributed by atoms with van der Waals surface area (Å²) < 4.78 is 10.4. The Hall–Kier alpha value is -3.33. The smallest absolute Gasteiger partial charge is 0.311 e. The molecule has 1 amide bonds. The Morgan fingerprint density at radius 2 is 2.00 bits per heavy atom. The fourth-order valence-electron chi connectivity index (χ4n) is 2.13. The number of nitrogens with zero attached hydrogens (tertiary/aromatic N) is 1. The molecule has 134 valence electrons. The number of amides is 1. The summed E-state index contributed by atoms with van der Waals surface area (Å²) in [5.74, 6) is 0.467. The predicted molar refractivity (Wildman–Crippen MR) is 95.7 cm³/mol. The first kappa shape index (κ1) is 19.0. The summed E-state index contributed by atoms with van der Waals surface area (Å²) in [5, 5.41) is 11.8. The van der Waals surface area contributed by atoms with Crippen LogP contribution in [0.2, 0.25) is 0 Å². The van der Waals surface area contributed by atoms with Gasteiger partial charge in [-0.25, -0.2) is 0 Å². The van der Waals surface area contributed by atoms with Crippen LogP contribution in [0.1, 0.15) is 31.6 Å². The van der Waals surface area contributed by atoms with Crippen LogP contribution in [-0.4, -0.2) is 11.9 Å². The highest BCUT2D eigenvalue weighted by molar-refractivity contribution is 6.01. The zero-order chi connectivity index (χ0) is 18.9. The molecule has 0 saturated heterocycles. The van der Waals surface area contributed by atoms with Gasteiger partial charge in [-0.1, -0.05) is 26.0 Å². The summed E-state index contributed by atoms with van der Waals surface area (Å²) in [7, 11) is 0. The van der Waals surface area contributed by atoms with Crippen molar-refractivity contribution in [1.82, 2.24) is 5.32 Å². The SMILES string of the molecule is CC(C)CC(=O)Oc1ccc(/C=C(\C#N)C(=O)NCc2ccco2)cc1. The molecule has 0 fully saturated rings. The third-order valence-electron chi connectivity index (χ3n) is 3.37. The van der Waals surface area contributed by atoms with Gasteiger partial charge in [-0.15, -0.1) is 0 Å². The zero-order valence-electron chi connectivity index (χ0n) is 14.7. The number of carbonyl (C=O) groups excluding carboxylic acids is 2. The van der Waals surface area contributed by atoms with E-state index in [1.165, 1.54) is 12.3 Å². The number of rotatable bonds is 7. The lowest BCUT2D eigenvalue weighted by Crippen LogP contribution is -2.23. The monoisotopic (exact) mass is 352 g/mol. The first-order valence-electron chi connectivity index (χ1n) is 8.21. The largest absolute Gasteiger partial charge is 0.467 e. The van der Waals surface area contributed by atoms with E-state index in [9.17, 15) is 14.9 Å².